The van der Waals surface area contributed by atoms with E-state index in [0.717, 1.165) is 11.1 Å². The molecule has 0 fully saturated rings. The second-order valence-corrected chi connectivity index (χ2v) is 6.20. The number of benzene rings is 2. The van der Waals surface area contributed by atoms with Crippen molar-refractivity contribution in [3.05, 3.63) is 93.5 Å². The molecule has 146 valence electrons. The highest BCUT2D eigenvalue weighted by Gasteiger charge is 2.10. The monoisotopic (exact) mass is 400 g/mol. The summed E-state index contributed by atoms with van der Waals surface area (Å²) in [6.45, 7) is 0. The maximum Gasteiger partial charge on any atom is 0.269 e. The van der Waals surface area contributed by atoms with Crippen LogP contribution in [0.1, 0.15) is 0 Å². The Morgan fingerprint density at radius 1 is 0.500 bits per heavy atom. The number of nitro groups is 2. The van der Waals surface area contributed by atoms with E-state index >= 15 is 0 Å². The lowest BCUT2D eigenvalue weighted by atomic mass is 10.1. The average Bonchev–Trinajstić information content (AvgIpc) is 2.79. The van der Waals surface area contributed by atoms with E-state index in [9.17, 15) is 20.2 Å². The smallest absolute Gasteiger partial charge is 0.258 e. The van der Waals surface area contributed by atoms with Gasteiger partial charge in [0.25, 0.3) is 11.4 Å². The molecule has 0 aliphatic rings. The molecule has 0 saturated carbocycles. The largest absolute Gasteiger partial charge is 0.269 e. The van der Waals surface area contributed by atoms with Crippen molar-refractivity contribution in [1.82, 2.24) is 19.9 Å². The summed E-state index contributed by atoms with van der Waals surface area (Å²) in [4.78, 5) is 37.7. The van der Waals surface area contributed by atoms with Crippen molar-refractivity contribution >= 4 is 11.4 Å². The van der Waals surface area contributed by atoms with Gasteiger partial charge in [0.2, 0.25) is 0 Å². The van der Waals surface area contributed by atoms with Crippen LogP contribution in [0.5, 0.6) is 0 Å². The molecular weight excluding hydrogens is 388 g/mol. The summed E-state index contributed by atoms with van der Waals surface area (Å²) in [5, 5.41) is 21.5. The molecule has 2 heterocycles. The molecule has 10 nitrogen and oxygen atoms in total. The summed E-state index contributed by atoms with van der Waals surface area (Å²) in [6.07, 6.45) is 6.38. The van der Waals surface area contributed by atoms with Crippen LogP contribution >= 0.6 is 0 Å². The van der Waals surface area contributed by atoms with Crippen LogP contribution in [0.4, 0.5) is 11.4 Å². The quantitative estimate of drug-likeness (QED) is 0.361. The van der Waals surface area contributed by atoms with Gasteiger partial charge in [0.1, 0.15) is 0 Å². The van der Waals surface area contributed by atoms with Gasteiger partial charge in [-0.05, 0) is 35.4 Å². The van der Waals surface area contributed by atoms with Gasteiger partial charge >= 0.3 is 0 Å². The first-order valence-electron chi connectivity index (χ1n) is 8.65. The zero-order valence-corrected chi connectivity index (χ0v) is 15.2. The van der Waals surface area contributed by atoms with Crippen LogP contribution in [0.2, 0.25) is 0 Å². The lowest BCUT2D eigenvalue weighted by molar-refractivity contribution is -0.385. The second-order valence-electron chi connectivity index (χ2n) is 6.20. The molecule has 0 amide bonds. The SMILES string of the molecule is O=[N+]([O-])c1ccc(-c2cnc(-c3ncc(-c4ccc([N+](=O)[O-])cc4)cn3)nc2)cc1. The molecule has 10 heteroatoms. The fourth-order valence-electron chi connectivity index (χ4n) is 2.74. The van der Waals surface area contributed by atoms with Gasteiger partial charge in [0, 0.05) is 60.2 Å². The molecule has 0 atom stereocenters. The molecule has 0 spiro atoms. The molecule has 4 rings (SSSR count). The van der Waals surface area contributed by atoms with Crippen LogP contribution in [0.25, 0.3) is 33.9 Å². The number of hydrogen-bond acceptors (Lipinski definition) is 8. The van der Waals surface area contributed by atoms with Gasteiger partial charge in [-0.3, -0.25) is 20.2 Å². The summed E-state index contributed by atoms with van der Waals surface area (Å²) < 4.78 is 0. The van der Waals surface area contributed by atoms with E-state index in [-0.39, 0.29) is 11.4 Å². The predicted octanol–water partition coefficient (Wildman–Crippen LogP) is 4.08. The lowest BCUT2D eigenvalue weighted by Gasteiger charge is -2.04. The van der Waals surface area contributed by atoms with Crippen LogP contribution < -0.4 is 0 Å². The van der Waals surface area contributed by atoms with Crippen molar-refractivity contribution in [2.24, 2.45) is 0 Å². The van der Waals surface area contributed by atoms with E-state index in [4.69, 9.17) is 0 Å². The van der Waals surface area contributed by atoms with Crippen molar-refractivity contribution in [3.63, 3.8) is 0 Å². The minimum atomic E-state index is -0.457. The average molecular weight is 400 g/mol. The Bertz CT molecular complexity index is 1110. The molecule has 0 aliphatic carbocycles. The summed E-state index contributed by atoms with van der Waals surface area (Å²) >= 11 is 0. The molecule has 2 aromatic carbocycles. The fraction of sp³-hybridized carbons (Fsp3) is 0. The van der Waals surface area contributed by atoms with Gasteiger partial charge < -0.3 is 0 Å². The lowest BCUT2D eigenvalue weighted by Crippen LogP contribution is -1.96. The molecule has 0 aliphatic heterocycles. The molecule has 0 radical (unpaired) electrons. The molecule has 4 aromatic rings. The van der Waals surface area contributed by atoms with Crippen molar-refractivity contribution in [1.29, 1.82) is 0 Å². The molecule has 0 unspecified atom stereocenters. The third-order valence-corrected chi connectivity index (χ3v) is 4.33. The first-order valence-corrected chi connectivity index (χ1v) is 8.65. The van der Waals surface area contributed by atoms with E-state index in [1.165, 1.54) is 24.3 Å². The van der Waals surface area contributed by atoms with E-state index in [1.54, 1.807) is 49.1 Å². The minimum absolute atomic E-state index is 0.0119. The van der Waals surface area contributed by atoms with Crippen LogP contribution in [0.15, 0.2) is 73.3 Å². The standard InChI is InChI=1S/C20H12N6O4/c27-25(28)17-5-1-13(2-6-17)15-9-21-19(22-10-15)20-23-11-16(12-24-20)14-3-7-18(8-4-14)26(29)30/h1-12H. The summed E-state index contributed by atoms with van der Waals surface area (Å²) in [5.41, 5.74) is 2.94. The first-order chi connectivity index (χ1) is 14.5. The Labute approximate surface area is 169 Å². The van der Waals surface area contributed by atoms with E-state index in [2.05, 4.69) is 19.9 Å². The highest BCUT2D eigenvalue weighted by Crippen LogP contribution is 2.24. The Kier molecular flexibility index (Phi) is 4.87. The van der Waals surface area contributed by atoms with Crippen molar-refractivity contribution < 1.29 is 9.85 Å². The van der Waals surface area contributed by atoms with Gasteiger partial charge in [0.15, 0.2) is 11.6 Å². The molecule has 0 saturated heterocycles. The number of rotatable bonds is 5. The third kappa shape index (κ3) is 3.83. The van der Waals surface area contributed by atoms with E-state index in [1.807, 2.05) is 0 Å². The zero-order chi connectivity index (χ0) is 21.1. The Morgan fingerprint density at radius 2 is 0.800 bits per heavy atom. The summed E-state index contributed by atoms with van der Waals surface area (Å²) in [5.74, 6) is 0.659. The summed E-state index contributed by atoms with van der Waals surface area (Å²) in [7, 11) is 0. The molecule has 30 heavy (non-hydrogen) atoms. The Balaban J connectivity index is 1.53. The van der Waals surface area contributed by atoms with Crippen molar-refractivity contribution in [3.8, 4) is 33.9 Å². The summed E-state index contributed by atoms with van der Waals surface area (Å²) in [6, 6.07) is 12.2. The minimum Gasteiger partial charge on any atom is -0.258 e. The van der Waals surface area contributed by atoms with Crippen LogP contribution in [-0.2, 0) is 0 Å². The number of nitrogens with zero attached hydrogens (tertiary/aromatic N) is 6. The van der Waals surface area contributed by atoms with Gasteiger partial charge in [-0.25, -0.2) is 19.9 Å². The van der Waals surface area contributed by atoms with Crippen molar-refractivity contribution in [2.75, 3.05) is 0 Å². The first kappa shape index (κ1) is 18.7. The molecule has 2 aromatic heterocycles. The maximum absolute atomic E-state index is 10.7. The normalized spacial score (nSPS) is 10.5. The molecule has 0 bridgehead atoms. The maximum atomic E-state index is 10.7. The zero-order valence-electron chi connectivity index (χ0n) is 15.2. The third-order valence-electron chi connectivity index (χ3n) is 4.33. The van der Waals surface area contributed by atoms with Gasteiger partial charge in [-0.2, -0.15) is 0 Å². The van der Waals surface area contributed by atoms with Crippen LogP contribution in [0, 0.1) is 20.2 Å². The van der Waals surface area contributed by atoms with Crippen LogP contribution in [0.3, 0.4) is 0 Å². The molecule has 0 N–H and O–H groups in total. The number of hydrogen-bond donors (Lipinski definition) is 0. The van der Waals surface area contributed by atoms with E-state index < -0.39 is 9.85 Å². The highest BCUT2D eigenvalue weighted by atomic mass is 16.6. The number of aromatic nitrogens is 4. The van der Waals surface area contributed by atoms with E-state index in [0.29, 0.717) is 22.8 Å². The second kappa shape index (κ2) is 7.80. The van der Waals surface area contributed by atoms with Crippen molar-refractivity contribution in [2.45, 2.75) is 0 Å². The Morgan fingerprint density at radius 3 is 1.07 bits per heavy atom. The number of non-ortho nitro benzene ring substituents is 2. The van der Waals surface area contributed by atoms with Gasteiger partial charge in [-0.15, -0.1) is 0 Å². The van der Waals surface area contributed by atoms with Gasteiger partial charge in [0.05, 0.1) is 9.85 Å². The topological polar surface area (TPSA) is 138 Å². The fourth-order valence-corrected chi connectivity index (χ4v) is 2.74. The highest BCUT2D eigenvalue weighted by molar-refractivity contribution is 5.65. The van der Waals surface area contributed by atoms with Gasteiger partial charge in [-0.1, -0.05) is 0 Å². The van der Waals surface area contributed by atoms with Crippen LogP contribution in [-0.4, -0.2) is 29.8 Å². The predicted molar refractivity (Wildman–Crippen MR) is 107 cm³/mol. The number of nitro benzene ring substituents is 2. The Hall–Kier alpha value is -4.60. The molecular formula is C20H12N6O4.